The lowest BCUT2D eigenvalue weighted by atomic mass is 10.1. The molecule has 0 amide bonds. The molecule has 0 unspecified atom stereocenters. The van der Waals surface area contributed by atoms with E-state index in [1.54, 1.807) is 18.2 Å². The zero-order valence-corrected chi connectivity index (χ0v) is 14.7. The molecular weight excluding hydrogens is 324 g/mol. The van der Waals surface area contributed by atoms with Crippen LogP contribution in [0.25, 0.3) is 0 Å². The van der Waals surface area contributed by atoms with Gasteiger partial charge in [-0.05, 0) is 54.3 Å². The van der Waals surface area contributed by atoms with Crippen LogP contribution in [0.2, 0.25) is 0 Å². The van der Waals surface area contributed by atoms with Crippen molar-refractivity contribution >= 4 is 16.2 Å². The first-order chi connectivity index (χ1) is 11.5. The van der Waals surface area contributed by atoms with Crippen molar-refractivity contribution in [3.63, 3.8) is 0 Å². The van der Waals surface area contributed by atoms with Crippen molar-refractivity contribution in [2.75, 3.05) is 6.61 Å². The van der Waals surface area contributed by atoms with E-state index in [9.17, 15) is 8.42 Å². The summed E-state index contributed by atoms with van der Waals surface area (Å²) in [6.07, 6.45) is 2.46. The second kappa shape index (κ2) is 8.49. The van der Waals surface area contributed by atoms with Gasteiger partial charge in [-0.15, -0.1) is 0 Å². The minimum Gasteiger partial charge on any atom is -0.494 e. The molecule has 0 atom stereocenters. The van der Waals surface area contributed by atoms with E-state index < -0.39 is 10.0 Å². The van der Waals surface area contributed by atoms with E-state index in [1.165, 1.54) is 18.3 Å². The Morgan fingerprint density at radius 1 is 1.08 bits per heavy atom. The molecule has 0 saturated carbocycles. The molecule has 0 fully saturated rings. The molecule has 24 heavy (non-hydrogen) atoms. The second-order valence-corrected chi connectivity index (χ2v) is 7.43. The summed E-state index contributed by atoms with van der Waals surface area (Å²) in [7, 11) is -3.63. The molecule has 2 aromatic carbocycles. The van der Waals surface area contributed by atoms with Crippen LogP contribution in [0.4, 0.5) is 0 Å². The van der Waals surface area contributed by atoms with E-state index in [0.29, 0.717) is 12.5 Å². The summed E-state index contributed by atoms with van der Waals surface area (Å²) >= 11 is 0. The van der Waals surface area contributed by atoms with Gasteiger partial charge in [-0.2, -0.15) is 13.5 Å². The van der Waals surface area contributed by atoms with Crippen LogP contribution in [0.15, 0.2) is 64.6 Å². The number of hydrogen-bond acceptors (Lipinski definition) is 4. The summed E-state index contributed by atoms with van der Waals surface area (Å²) in [5.74, 6) is 1.40. The highest BCUT2D eigenvalue weighted by Gasteiger charge is 2.10. The molecule has 5 nitrogen and oxygen atoms in total. The molecule has 0 bridgehead atoms. The van der Waals surface area contributed by atoms with Gasteiger partial charge in [0, 0.05) is 0 Å². The van der Waals surface area contributed by atoms with E-state index in [1.807, 2.05) is 24.3 Å². The lowest BCUT2D eigenvalue weighted by Gasteiger charge is -2.08. The number of hydrogen-bond donors (Lipinski definition) is 1. The predicted molar refractivity (Wildman–Crippen MR) is 95.7 cm³/mol. The summed E-state index contributed by atoms with van der Waals surface area (Å²) in [5, 5.41) is 3.80. The molecule has 2 rings (SSSR count). The van der Waals surface area contributed by atoms with Gasteiger partial charge in [0.2, 0.25) is 0 Å². The summed E-state index contributed by atoms with van der Waals surface area (Å²) in [6.45, 7) is 4.99. The van der Waals surface area contributed by atoms with E-state index in [-0.39, 0.29) is 4.90 Å². The van der Waals surface area contributed by atoms with Gasteiger partial charge in [0.1, 0.15) is 5.75 Å². The zero-order valence-electron chi connectivity index (χ0n) is 13.8. The third kappa shape index (κ3) is 5.70. The van der Waals surface area contributed by atoms with Crippen LogP contribution in [-0.4, -0.2) is 21.2 Å². The zero-order chi connectivity index (χ0) is 17.4. The van der Waals surface area contributed by atoms with Gasteiger partial charge in [-0.3, -0.25) is 0 Å². The Bertz CT molecular complexity index is 755. The van der Waals surface area contributed by atoms with E-state index in [4.69, 9.17) is 4.74 Å². The molecule has 0 aromatic heterocycles. The van der Waals surface area contributed by atoms with Crippen molar-refractivity contribution < 1.29 is 13.2 Å². The Morgan fingerprint density at radius 2 is 1.75 bits per heavy atom. The smallest absolute Gasteiger partial charge is 0.276 e. The number of benzene rings is 2. The number of nitrogens with zero attached hydrogens (tertiary/aromatic N) is 1. The normalized spacial score (nSPS) is 11.8. The van der Waals surface area contributed by atoms with Crippen LogP contribution in [0.1, 0.15) is 25.8 Å². The van der Waals surface area contributed by atoms with Gasteiger partial charge < -0.3 is 4.74 Å². The highest BCUT2D eigenvalue weighted by Crippen LogP contribution is 2.12. The van der Waals surface area contributed by atoms with Gasteiger partial charge >= 0.3 is 0 Å². The number of rotatable bonds is 8. The Balaban J connectivity index is 1.90. The Labute approximate surface area is 143 Å². The Kier molecular flexibility index (Phi) is 6.37. The van der Waals surface area contributed by atoms with E-state index >= 15 is 0 Å². The molecule has 6 heteroatoms. The molecular formula is C18H22N2O3S. The maximum Gasteiger partial charge on any atom is 0.276 e. The average Bonchev–Trinajstić information content (AvgIpc) is 2.57. The Hall–Kier alpha value is -2.34. The summed E-state index contributed by atoms with van der Waals surface area (Å²) < 4.78 is 29.6. The lowest BCUT2D eigenvalue weighted by molar-refractivity contribution is 0.289. The van der Waals surface area contributed by atoms with Crippen molar-refractivity contribution in [3.8, 4) is 5.75 Å². The van der Waals surface area contributed by atoms with Crippen LogP contribution in [0.5, 0.6) is 5.75 Å². The van der Waals surface area contributed by atoms with Crippen LogP contribution in [-0.2, 0) is 10.0 Å². The highest BCUT2D eigenvalue weighted by molar-refractivity contribution is 7.89. The van der Waals surface area contributed by atoms with Gasteiger partial charge in [-0.1, -0.05) is 32.0 Å². The van der Waals surface area contributed by atoms with Crippen molar-refractivity contribution in [1.82, 2.24) is 4.83 Å². The average molecular weight is 346 g/mol. The van der Waals surface area contributed by atoms with Crippen LogP contribution in [0, 0.1) is 5.92 Å². The van der Waals surface area contributed by atoms with Gasteiger partial charge in [-0.25, -0.2) is 4.83 Å². The topological polar surface area (TPSA) is 67.8 Å². The molecule has 0 radical (unpaired) electrons. The highest BCUT2D eigenvalue weighted by atomic mass is 32.2. The third-order valence-electron chi connectivity index (χ3n) is 3.28. The fourth-order valence-electron chi connectivity index (χ4n) is 1.89. The SMILES string of the molecule is CC(C)CCOc1ccc(C=NNS(=O)(=O)c2ccccc2)cc1. The Morgan fingerprint density at radius 3 is 2.38 bits per heavy atom. The molecule has 1 N–H and O–H groups in total. The maximum absolute atomic E-state index is 12.0. The van der Waals surface area contributed by atoms with Gasteiger partial charge in [0.05, 0.1) is 17.7 Å². The molecule has 0 aliphatic heterocycles. The van der Waals surface area contributed by atoms with Crippen LogP contribution < -0.4 is 9.57 Å². The van der Waals surface area contributed by atoms with E-state index in [2.05, 4.69) is 23.8 Å². The molecule has 0 aliphatic carbocycles. The predicted octanol–water partition coefficient (Wildman–Crippen LogP) is 3.42. The summed E-state index contributed by atoms with van der Waals surface area (Å²) in [6, 6.07) is 15.4. The standard InChI is InChI=1S/C18H22N2O3S/c1-15(2)12-13-23-17-10-8-16(9-11-17)14-19-20-24(21,22)18-6-4-3-5-7-18/h3-11,14-15,20H,12-13H2,1-2H3. The van der Waals surface area contributed by atoms with Crippen molar-refractivity contribution in [3.05, 3.63) is 60.2 Å². The lowest BCUT2D eigenvalue weighted by Crippen LogP contribution is -2.18. The molecule has 0 spiro atoms. The maximum atomic E-state index is 12.0. The minimum absolute atomic E-state index is 0.177. The number of nitrogens with one attached hydrogen (secondary N) is 1. The van der Waals surface area contributed by atoms with Crippen molar-refractivity contribution in [2.45, 2.75) is 25.2 Å². The second-order valence-electron chi connectivity index (χ2n) is 5.77. The van der Waals surface area contributed by atoms with E-state index in [0.717, 1.165) is 17.7 Å². The first kappa shape index (κ1) is 18.0. The fourth-order valence-corrected chi connectivity index (χ4v) is 2.70. The van der Waals surface area contributed by atoms with Crippen LogP contribution >= 0.6 is 0 Å². The monoisotopic (exact) mass is 346 g/mol. The molecule has 0 heterocycles. The van der Waals surface area contributed by atoms with Crippen LogP contribution in [0.3, 0.4) is 0 Å². The first-order valence-corrected chi connectivity index (χ1v) is 9.28. The summed E-state index contributed by atoms with van der Waals surface area (Å²) in [4.78, 5) is 2.37. The van der Waals surface area contributed by atoms with Crippen molar-refractivity contribution in [1.29, 1.82) is 0 Å². The third-order valence-corrected chi connectivity index (χ3v) is 4.52. The molecule has 0 aliphatic rings. The molecule has 2 aromatic rings. The van der Waals surface area contributed by atoms with Crippen molar-refractivity contribution in [2.24, 2.45) is 11.0 Å². The quantitative estimate of drug-likeness (QED) is 0.588. The number of ether oxygens (including phenoxy) is 1. The molecule has 0 saturated heterocycles. The van der Waals surface area contributed by atoms with Gasteiger partial charge in [0.25, 0.3) is 10.0 Å². The number of sulfonamides is 1. The molecule has 128 valence electrons. The number of hydrazone groups is 1. The first-order valence-electron chi connectivity index (χ1n) is 7.80. The summed E-state index contributed by atoms with van der Waals surface area (Å²) in [5.41, 5.74) is 0.780. The fraction of sp³-hybridized carbons (Fsp3) is 0.278. The van der Waals surface area contributed by atoms with Gasteiger partial charge in [0.15, 0.2) is 0 Å². The minimum atomic E-state index is -3.63. The largest absolute Gasteiger partial charge is 0.494 e.